The average molecular weight is 460 g/mol. The van der Waals surface area contributed by atoms with E-state index >= 15 is 0 Å². The van der Waals surface area contributed by atoms with Gasteiger partial charge in [-0.05, 0) is 63.2 Å². The smallest absolute Gasteiger partial charge is 0.328 e. The third-order valence-corrected chi connectivity index (χ3v) is 6.38. The standard InChI is InChI=1S/C23H33N5O5/c29-20(6-5-16-7-10-24-11-8-16)28-12-2-4-18(15-28)21(30)26-14-19(23(32)33)27-22(31)17-3-1-9-25-13-17/h1,3,9,13,16,18-19,24H,2,4-8,10-12,14-15H2,(H,26,30)(H,27,31)(H,32,33)/t18-,19-/m1/s1. The number of aliphatic carboxylic acids is 1. The number of hydrogen-bond donors (Lipinski definition) is 4. The van der Waals surface area contributed by atoms with Crippen LogP contribution in [-0.2, 0) is 14.4 Å². The lowest BCUT2D eigenvalue weighted by Crippen LogP contribution is -2.51. The lowest BCUT2D eigenvalue weighted by molar-refractivity contribution is -0.139. The zero-order valence-corrected chi connectivity index (χ0v) is 18.8. The first-order valence-electron chi connectivity index (χ1n) is 11.6. The lowest BCUT2D eigenvalue weighted by atomic mass is 9.92. The van der Waals surface area contributed by atoms with Gasteiger partial charge in [-0.2, -0.15) is 0 Å². The van der Waals surface area contributed by atoms with E-state index in [4.69, 9.17) is 0 Å². The van der Waals surface area contributed by atoms with Gasteiger partial charge in [0.2, 0.25) is 11.8 Å². The van der Waals surface area contributed by atoms with Gasteiger partial charge in [0, 0.05) is 38.4 Å². The van der Waals surface area contributed by atoms with Crippen LogP contribution in [0.25, 0.3) is 0 Å². The van der Waals surface area contributed by atoms with Gasteiger partial charge in [0.05, 0.1) is 11.5 Å². The first-order valence-corrected chi connectivity index (χ1v) is 11.6. The summed E-state index contributed by atoms with van der Waals surface area (Å²) >= 11 is 0. The number of nitrogens with zero attached hydrogens (tertiary/aromatic N) is 2. The molecule has 0 spiro atoms. The molecule has 0 radical (unpaired) electrons. The molecule has 0 aliphatic carbocycles. The molecule has 180 valence electrons. The second kappa shape index (κ2) is 12.3. The summed E-state index contributed by atoms with van der Waals surface area (Å²) in [4.78, 5) is 54.7. The normalized spacial score (nSPS) is 20.0. The number of likely N-dealkylation sites (tertiary alicyclic amines) is 1. The first kappa shape index (κ1) is 24.6. The van der Waals surface area contributed by atoms with Gasteiger partial charge in [0.15, 0.2) is 0 Å². The van der Waals surface area contributed by atoms with E-state index in [1.807, 2.05) is 0 Å². The molecule has 4 N–H and O–H groups in total. The molecule has 0 bridgehead atoms. The van der Waals surface area contributed by atoms with Gasteiger partial charge in [-0.1, -0.05) is 0 Å². The maximum absolute atomic E-state index is 12.7. The van der Waals surface area contributed by atoms with E-state index in [-0.39, 0.29) is 29.8 Å². The maximum Gasteiger partial charge on any atom is 0.328 e. The zero-order valence-electron chi connectivity index (χ0n) is 18.8. The summed E-state index contributed by atoms with van der Waals surface area (Å²) in [5.41, 5.74) is 0.237. The Bertz CT molecular complexity index is 828. The molecule has 0 saturated carbocycles. The topological polar surface area (TPSA) is 141 Å². The number of rotatable bonds is 9. The average Bonchev–Trinajstić information content (AvgIpc) is 2.85. The van der Waals surface area contributed by atoms with Crippen LogP contribution >= 0.6 is 0 Å². The van der Waals surface area contributed by atoms with Crippen molar-refractivity contribution in [2.45, 2.75) is 44.6 Å². The van der Waals surface area contributed by atoms with Crippen molar-refractivity contribution in [3.63, 3.8) is 0 Å². The number of carbonyl (C=O) groups excluding carboxylic acids is 3. The summed E-state index contributed by atoms with van der Waals surface area (Å²) in [5.74, 6) is -1.84. The molecule has 33 heavy (non-hydrogen) atoms. The second-order valence-electron chi connectivity index (χ2n) is 8.76. The lowest BCUT2D eigenvalue weighted by Gasteiger charge is -2.33. The highest BCUT2D eigenvalue weighted by atomic mass is 16.4. The van der Waals surface area contributed by atoms with Crippen molar-refractivity contribution in [3.05, 3.63) is 30.1 Å². The Hall–Kier alpha value is -3.01. The van der Waals surface area contributed by atoms with E-state index in [0.717, 1.165) is 38.8 Å². The Morgan fingerprint density at radius 3 is 2.70 bits per heavy atom. The molecule has 3 amide bonds. The van der Waals surface area contributed by atoms with Crippen molar-refractivity contribution in [1.82, 2.24) is 25.8 Å². The number of piperidine rings is 2. The minimum atomic E-state index is -1.27. The van der Waals surface area contributed by atoms with Crippen LogP contribution in [0.3, 0.4) is 0 Å². The van der Waals surface area contributed by atoms with E-state index in [1.54, 1.807) is 11.0 Å². The molecule has 2 saturated heterocycles. The molecular formula is C23H33N5O5. The highest BCUT2D eigenvalue weighted by molar-refractivity contribution is 5.96. The Morgan fingerprint density at radius 2 is 2.00 bits per heavy atom. The quantitative estimate of drug-likeness (QED) is 0.419. The number of carbonyl (C=O) groups is 4. The van der Waals surface area contributed by atoms with Crippen molar-refractivity contribution < 1.29 is 24.3 Å². The van der Waals surface area contributed by atoms with Gasteiger partial charge >= 0.3 is 5.97 Å². The fraction of sp³-hybridized carbons (Fsp3) is 0.609. The Kier molecular flexibility index (Phi) is 9.17. The fourth-order valence-corrected chi connectivity index (χ4v) is 4.36. The zero-order chi connectivity index (χ0) is 23.6. The number of aromatic nitrogens is 1. The predicted molar refractivity (Wildman–Crippen MR) is 120 cm³/mol. The van der Waals surface area contributed by atoms with Crippen LogP contribution in [0.15, 0.2) is 24.5 Å². The van der Waals surface area contributed by atoms with Crippen LogP contribution in [-0.4, -0.2) is 77.4 Å². The van der Waals surface area contributed by atoms with Gasteiger partial charge < -0.3 is 26.0 Å². The summed E-state index contributed by atoms with van der Waals surface area (Å²) in [6.07, 6.45) is 7.80. The van der Waals surface area contributed by atoms with Crippen LogP contribution in [0.5, 0.6) is 0 Å². The van der Waals surface area contributed by atoms with Gasteiger partial charge in [0.1, 0.15) is 6.04 Å². The highest BCUT2D eigenvalue weighted by Gasteiger charge is 2.30. The molecule has 2 aliphatic heterocycles. The summed E-state index contributed by atoms with van der Waals surface area (Å²) in [5, 5.41) is 17.8. The number of amides is 3. The van der Waals surface area contributed by atoms with E-state index in [9.17, 15) is 24.3 Å². The van der Waals surface area contributed by atoms with Gasteiger partial charge in [-0.3, -0.25) is 19.4 Å². The highest BCUT2D eigenvalue weighted by Crippen LogP contribution is 2.21. The summed E-state index contributed by atoms with van der Waals surface area (Å²) < 4.78 is 0. The monoisotopic (exact) mass is 459 g/mol. The molecule has 2 fully saturated rings. The number of pyridine rings is 1. The second-order valence-corrected chi connectivity index (χ2v) is 8.76. The molecule has 10 heteroatoms. The molecule has 3 rings (SSSR count). The number of hydrogen-bond acceptors (Lipinski definition) is 6. The third kappa shape index (κ3) is 7.52. The molecule has 10 nitrogen and oxygen atoms in total. The van der Waals surface area contributed by atoms with E-state index in [2.05, 4.69) is 20.9 Å². The van der Waals surface area contributed by atoms with Crippen LogP contribution in [0, 0.1) is 11.8 Å². The molecule has 0 aromatic carbocycles. The summed E-state index contributed by atoms with van der Waals surface area (Å²) in [7, 11) is 0. The van der Waals surface area contributed by atoms with Crippen LogP contribution in [0.4, 0.5) is 0 Å². The van der Waals surface area contributed by atoms with E-state index < -0.39 is 17.9 Å². The molecule has 2 atom stereocenters. The molecular weight excluding hydrogens is 426 g/mol. The summed E-state index contributed by atoms with van der Waals surface area (Å²) in [6.45, 7) is 2.76. The van der Waals surface area contributed by atoms with Gasteiger partial charge in [0.25, 0.3) is 5.91 Å². The minimum Gasteiger partial charge on any atom is -0.480 e. The predicted octanol–water partition coefficient (Wildman–Crippen LogP) is 0.399. The van der Waals surface area contributed by atoms with E-state index in [0.29, 0.717) is 31.8 Å². The third-order valence-electron chi connectivity index (χ3n) is 6.38. The molecule has 2 aliphatic rings. The van der Waals surface area contributed by atoms with Crippen LogP contribution in [0.1, 0.15) is 48.9 Å². The van der Waals surface area contributed by atoms with Crippen molar-refractivity contribution >= 4 is 23.7 Å². The van der Waals surface area contributed by atoms with Crippen LogP contribution < -0.4 is 16.0 Å². The Morgan fingerprint density at radius 1 is 1.21 bits per heavy atom. The van der Waals surface area contributed by atoms with Crippen molar-refractivity contribution in [2.75, 3.05) is 32.7 Å². The SMILES string of the molecule is O=C(N[C@H](CNC(=O)[C@@H]1CCCN(C(=O)CCC2CCNCC2)C1)C(=O)O)c1cccnc1. The van der Waals surface area contributed by atoms with Crippen molar-refractivity contribution in [2.24, 2.45) is 11.8 Å². The van der Waals surface area contributed by atoms with Gasteiger partial charge in [-0.25, -0.2) is 4.79 Å². The largest absolute Gasteiger partial charge is 0.480 e. The maximum atomic E-state index is 12.7. The number of nitrogens with one attached hydrogen (secondary N) is 3. The molecule has 1 aromatic rings. The number of carboxylic acid groups (broad SMARTS) is 1. The number of carboxylic acids is 1. The minimum absolute atomic E-state index is 0.0816. The Labute approximate surface area is 193 Å². The van der Waals surface area contributed by atoms with Crippen molar-refractivity contribution in [3.8, 4) is 0 Å². The van der Waals surface area contributed by atoms with Crippen molar-refractivity contribution in [1.29, 1.82) is 0 Å². The summed E-state index contributed by atoms with van der Waals surface area (Å²) in [6, 6.07) is 1.83. The molecule has 0 unspecified atom stereocenters. The van der Waals surface area contributed by atoms with Gasteiger partial charge in [-0.15, -0.1) is 0 Å². The van der Waals surface area contributed by atoms with Crippen LogP contribution in [0.2, 0.25) is 0 Å². The fourth-order valence-electron chi connectivity index (χ4n) is 4.36. The first-order chi connectivity index (χ1) is 15.9. The molecule has 1 aromatic heterocycles. The molecule has 3 heterocycles. The van der Waals surface area contributed by atoms with E-state index in [1.165, 1.54) is 18.5 Å². The Balaban J connectivity index is 1.45.